The molecule has 0 radical (unpaired) electrons. The van der Waals surface area contributed by atoms with E-state index >= 15 is 0 Å². The van der Waals surface area contributed by atoms with Crippen molar-refractivity contribution in [2.24, 2.45) is 0 Å². The van der Waals surface area contributed by atoms with Crippen LogP contribution < -0.4 is 0 Å². The average Bonchev–Trinajstić information content (AvgIpc) is 2.78. The van der Waals surface area contributed by atoms with Crippen molar-refractivity contribution in [1.82, 2.24) is 0 Å². The van der Waals surface area contributed by atoms with Crippen LogP contribution in [0.2, 0.25) is 0 Å². The molecule has 0 atom stereocenters. The summed E-state index contributed by atoms with van der Waals surface area (Å²) in [6, 6.07) is 9.04. The fourth-order valence-corrected chi connectivity index (χ4v) is 3.30. The van der Waals surface area contributed by atoms with Gasteiger partial charge in [0.05, 0.1) is 0 Å². The summed E-state index contributed by atoms with van der Waals surface area (Å²) >= 11 is 1.95. The van der Waals surface area contributed by atoms with Crippen molar-refractivity contribution in [3.05, 3.63) is 34.7 Å². The van der Waals surface area contributed by atoms with Gasteiger partial charge in [0.1, 0.15) is 0 Å². The van der Waals surface area contributed by atoms with Crippen molar-refractivity contribution in [1.29, 1.82) is 0 Å². The van der Waals surface area contributed by atoms with Gasteiger partial charge in [-0.15, -0.1) is 11.3 Å². The number of fused-ring (bicyclic) bond motifs is 1. The fraction of sp³-hybridized carbons (Fsp3) is 0.385. The molecule has 0 amide bonds. The largest absolute Gasteiger partial charge is 0.140 e. The molecule has 0 bridgehead atoms. The van der Waals surface area contributed by atoms with Crippen LogP contribution in [0.3, 0.4) is 0 Å². The topological polar surface area (TPSA) is 0 Å². The lowest BCUT2D eigenvalue weighted by Crippen LogP contribution is -1.98. The van der Waals surface area contributed by atoms with Crippen LogP contribution in [0.5, 0.6) is 0 Å². The van der Waals surface area contributed by atoms with E-state index in [4.69, 9.17) is 0 Å². The van der Waals surface area contributed by atoms with Crippen LogP contribution in [0.1, 0.15) is 30.2 Å². The van der Waals surface area contributed by atoms with Gasteiger partial charge in [0.2, 0.25) is 0 Å². The summed E-state index contributed by atoms with van der Waals surface area (Å²) in [7, 11) is 0. The van der Waals surface area contributed by atoms with Crippen molar-refractivity contribution in [2.45, 2.75) is 32.1 Å². The summed E-state index contributed by atoms with van der Waals surface area (Å²) in [5.74, 6) is 0. The first-order valence-electron chi connectivity index (χ1n) is 5.19. The molecule has 1 aliphatic rings. The second-order valence-corrected chi connectivity index (χ2v) is 5.90. The van der Waals surface area contributed by atoms with Crippen molar-refractivity contribution < 1.29 is 0 Å². The minimum atomic E-state index is 0.497. The minimum Gasteiger partial charge on any atom is -0.140 e. The zero-order chi connectivity index (χ0) is 9.76. The van der Waals surface area contributed by atoms with E-state index < -0.39 is 0 Å². The lowest BCUT2D eigenvalue weighted by Gasteiger charge is -2.09. The van der Waals surface area contributed by atoms with E-state index in [9.17, 15) is 0 Å². The highest BCUT2D eigenvalue weighted by Crippen LogP contribution is 2.50. The first-order valence-corrected chi connectivity index (χ1v) is 6.00. The molecule has 1 fully saturated rings. The van der Waals surface area contributed by atoms with E-state index in [1.165, 1.54) is 27.8 Å². The minimum absolute atomic E-state index is 0.497. The Labute approximate surface area is 88.6 Å². The van der Waals surface area contributed by atoms with Gasteiger partial charge in [0.15, 0.2) is 0 Å². The van der Waals surface area contributed by atoms with Gasteiger partial charge in [-0.05, 0) is 42.2 Å². The van der Waals surface area contributed by atoms with E-state index in [1.54, 1.807) is 5.56 Å². The maximum atomic E-state index is 2.39. The number of thiophene rings is 1. The number of hydrogen-bond acceptors (Lipinski definition) is 1. The maximum absolute atomic E-state index is 2.39. The highest BCUT2D eigenvalue weighted by atomic mass is 32.1. The van der Waals surface area contributed by atoms with Gasteiger partial charge in [-0.1, -0.05) is 25.1 Å². The molecule has 0 saturated heterocycles. The van der Waals surface area contributed by atoms with Crippen molar-refractivity contribution >= 4 is 21.4 Å². The molecule has 0 aliphatic heterocycles. The van der Waals surface area contributed by atoms with Crippen LogP contribution >= 0.6 is 11.3 Å². The van der Waals surface area contributed by atoms with Crippen molar-refractivity contribution in [2.75, 3.05) is 0 Å². The van der Waals surface area contributed by atoms with Crippen LogP contribution in [0, 0.1) is 6.92 Å². The molecule has 0 unspecified atom stereocenters. The molecular weight excluding hydrogens is 188 g/mol. The summed E-state index contributed by atoms with van der Waals surface area (Å²) < 4.78 is 1.52. The van der Waals surface area contributed by atoms with Gasteiger partial charge in [0.25, 0.3) is 0 Å². The molecule has 1 saturated carbocycles. The van der Waals surface area contributed by atoms with Crippen LogP contribution in [0.15, 0.2) is 24.3 Å². The first-order chi connectivity index (χ1) is 6.69. The van der Waals surface area contributed by atoms with Gasteiger partial charge < -0.3 is 0 Å². The Morgan fingerprint density at radius 1 is 1.29 bits per heavy atom. The van der Waals surface area contributed by atoms with E-state index in [1.807, 2.05) is 11.3 Å². The van der Waals surface area contributed by atoms with Crippen molar-refractivity contribution in [3.8, 4) is 0 Å². The molecule has 3 rings (SSSR count). The number of rotatable bonds is 1. The summed E-state index contributed by atoms with van der Waals surface area (Å²) in [5, 5.41) is 1.43. The number of hydrogen-bond donors (Lipinski definition) is 0. The van der Waals surface area contributed by atoms with Crippen LogP contribution in [-0.2, 0) is 5.41 Å². The molecule has 72 valence electrons. The van der Waals surface area contributed by atoms with E-state index in [2.05, 4.69) is 38.1 Å². The molecule has 1 aromatic carbocycles. The van der Waals surface area contributed by atoms with E-state index in [-0.39, 0.29) is 0 Å². The molecule has 0 spiro atoms. The third kappa shape index (κ3) is 1.12. The predicted octanol–water partition coefficient (Wildman–Crippen LogP) is 4.26. The fourth-order valence-electron chi connectivity index (χ4n) is 2.12. The average molecular weight is 202 g/mol. The van der Waals surface area contributed by atoms with Gasteiger partial charge in [-0.2, -0.15) is 0 Å². The zero-order valence-electron chi connectivity index (χ0n) is 8.63. The first kappa shape index (κ1) is 8.49. The number of aryl methyl sites for hydroxylation is 1. The summed E-state index contributed by atoms with van der Waals surface area (Å²) in [6.45, 7) is 4.58. The molecule has 1 heteroatoms. The molecule has 2 aromatic rings. The van der Waals surface area contributed by atoms with Crippen LogP contribution in [0.25, 0.3) is 10.1 Å². The Hall–Kier alpha value is -0.820. The molecule has 1 heterocycles. The quantitative estimate of drug-likeness (QED) is 0.648. The Bertz CT molecular complexity index is 489. The van der Waals surface area contributed by atoms with Crippen molar-refractivity contribution in [3.63, 3.8) is 0 Å². The lowest BCUT2D eigenvalue weighted by molar-refractivity contribution is 0.798. The second-order valence-electron chi connectivity index (χ2n) is 4.64. The zero-order valence-corrected chi connectivity index (χ0v) is 9.45. The number of benzene rings is 1. The smallest absolute Gasteiger partial charge is 0.0383 e. The summed E-state index contributed by atoms with van der Waals surface area (Å²) in [4.78, 5) is 1.43. The highest BCUT2D eigenvalue weighted by molar-refractivity contribution is 7.19. The highest BCUT2D eigenvalue weighted by Gasteiger charge is 2.40. The van der Waals surface area contributed by atoms with Gasteiger partial charge >= 0.3 is 0 Å². The lowest BCUT2D eigenvalue weighted by atomic mass is 9.97. The normalized spacial score (nSPS) is 18.7. The van der Waals surface area contributed by atoms with Gasteiger partial charge in [0, 0.05) is 9.58 Å². The SMILES string of the molecule is Cc1cc2cccc(C3(C)CC3)c2s1. The van der Waals surface area contributed by atoms with E-state index in [0.29, 0.717) is 5.41 Å². The van der Waals surface area contributed by atoms with Gasteiger partial charge in [-0.3, -0.25) is 0 Å². The van der Waals surface area contributed by atoms with Gasteiger partial charge in [-0.25, -0.2) is 0 Å². The van der Waals surface area contributed by atoms with Crippen LogP contribution in [0.4, 0.5) is 0 Å². The summed E-state index contributed by atoms with van der Waals surface area (Å²) in [6.07, 6.45) is 2.73. The monoisotopic (exact) mass is 202 g/mol. The molecule has 0 N–H and O–H groups in total. The Kier molecular flexibility index (Phi) is 1.58. The molecule has 14 heavy (non-hydrogen) atoms. The Morgan fingerprint density at radius 2 is 2.07 bits per heavy atom. The molecular formula is C13H14S. The predicted molar refractivity (Wildman–Crippen MR) is 63.1 cm³/mol. The maximum Gasteiger partial charge on any atom is 0.0383 e. The summed E-state index contributed by atoms with van der Waals surface area (Å²) in [5.41, 5.74) is 2.07. The molecule has 1 aliphatic carbocycles. The molecule has 1 aromatic heterocycles. The third-order valence-electron chi connectivity index (χ3n) is 3.32. The Balaban J connectivity index is 2.32. The molecule has 0 nitrogen and oxygen atoms in total. The third-order valence-corrected chi connectivity index (χ3v) is 4.42. The van der Waals surface area contributed by atoms with Crippen LogP contribution in [-0.4, -0.2) is 0 Å². The standard InChI is InChI=1S/C13H14S/c1-9-8-10-4-3-5-11(12(10)14-9)13(2)6-7-13/h3-5,8H,6-7H2,1-2H3. The second kappa shape index (κ2) is 2.60. The Morgan fingerprint density at radius 3 is 2.79 bits per heavy atom. The van der Waals surface area contributed by atoms with E-state index in [0.717, 1.165) is 0 Å².